The summed E-state index contributed by atoms with van der Waals surface area (Å²) in [7, 11) is 0. The van der Waals surface area contributed by atoms with E-state index in [-0.39, 0.29) is 6.61 Å². The van der Waals surface area contributed by atoms with Gasteiger partial charge >= 0.3 is 0 Å². The van der Waals surface area contributed by atoms with Gasteiger partial charge in [0.15, 0.2) is 0 Å². The highest BCUT2D eigenvalue weighted by Crippen LogP contribution is 2.28. The van der Waals surface area contributed by atoms with Gasteiger partial charge in [-0.25, -0.2) is 0 Å². The predicted octanol–water partition coefficient (Wildman–Crippen LogP) is 3.85. The first-order chi connectivity index (χ1) is 14.1. The number of piperazine rings is 1. The Bertz CT molecular complexity index is 889. The molecule has 1 atom stereocenters. The molecule has 0 radical (unpaired) electrons. The molecule has 0 aromatic heterocycles. The van der Waals surface area contributed by atoms with Crippen molar-refractivity contribution in [1.82, 2.24) is 4.90 Å². The molecule has 2 aliphatic heterocycles. The van der Waals surface area contributed by atoms with Crippen molar-refractivity contribution in [1.29, 1.82) is 0 Å². The van der Waals surface area contributed by atoms with Gasteiger partial charge in [-0.2, -0.15) is 0 Å². The number of hydrogen-bond acceptors (Lipinski definition) is 5. The molecule has 2 N–H and O–H groups in total. The second-order valence-electron chi connectivity index (χ2n) is 7.46. The van der Waals surface area contributed by atoms with Gasteiger partial charge in [-0.1, -0.05) is 24.3 Å². The highest BCUT2D eigenvalue weighted by molar-refractivity contribution is 6.30. The summed E-state index contributed by atoms with van der Waals surface area (Å²) in [6, 6.07) is 13.8. The van der Waals surface area contributed by atoms with Crippen LogP contribution in [0.3, 0.4) is 0 Å². The topological polar surface area (TPSA) is 48.0 Å². The lowest BCUT2D eigenvalue weighted by Crippen LogP contribution is -2.49. The number of allylic oxidation sites excluding steroid dienone is 1. The molecule has 0 aliphatic carbocycles. The molecular formula is C23H26ClN3O2. The highest BCUT2D eigenvalue weighted by atomic mass is 35.5. The minimum Gasteiger partial charge on any atom is -0.491 e. The van der Waals surface area contributed by atoms with Crippen LogP contribution in [0, 0.1) is 0 Å². The number of rotatable bonds is 6. The van der Waals surface area contributed by atoms with E-state index in [0.717, 1.165) is 53.9 Å². The van der Waals surface area contributed by atoms with Crippen molar-refractivity contribution in [3.8, 4) is 5.75 Å². The largest absolute Gasteiger partial charge is 0.491 e. The molecule has 2 aromatic carbocycles. The number of hydrogen-bond donors (Lipinski definition) is 2. The first-order valence-corrected chi connectivity index (χ1v) is 10.3. The number of aliphatic hydroxyl groups is 1. The van der Waals surface area contributed by atoms with Gasteiger partial charge in [0.2, 0.25) is 0 Å². The normalized spacial score (nSPS) is 17.6. The van der Waals surface area contributed by atoms with Crippen molar-refractivity contribution in [2.45, 2.75) is 6.10 Å². The summed E-state index contributed by atoms with van der Waals surface area (Å²) >= 11 is 5.97. The van der Waals surface area contributed by atoms with Crippen LogP contribution in [0.2, 0.25) is 5.02 Å². The van der Waals surface area contributed by atoms with Crippen LogP contribution in [-0.4, -0.2) is 55.4 Å². The van der Waals surface area contributed by atoms with E-state index in [1.807, 2.05) is 42.5 Å². The third-order valence-corrected chi connectivity index (χ3v) is 5.51. The number of ether oxygens (including phenoxy) is 1. The number of benzene rings is 2. The Morgan fingerprint density at radius 2 is 1.83 bits per heavy atom. The molecule has 0 bridgehead atoms. The monoisotopic (exact) mass is 411 g/mol. The third-order valence-electron chi connectivity index (χ3n) is 5.26. The number of fused-ring (bicyclic) bond motifs is 1. The molecule has 0 amide bonds. The fourth-order valence-electron chi connectivity index (χ4n) is 3.67. The van der Waals surface area contributed by atoms with Gasteiger partial charge in [-0.05, 0) is 48.5 Å². The number of anilines is 2. The van der Waals surface area contributed by atoms with Crippen LogP contribution >= 0.6 is 11.6 Å². The van der Waals surface area contributed by atoms with E-state index in [2.05, 4.69) is 33.8 Å². The molecule has 1 saturated heterocycles. The summed E-state index contributed by atoms with van der Waals surface area (Å²) in [5.74, 6) is 0.759. The summed E-state index contributed by atoms with van der Waals surface area (Å²) in [6.45, 7) is 8.49. The molecule has 0 unspecified atom stereocenters. The Hall–Kier alpha value is -2.47. The van der Waals surface area contributed by atoms with E-state index in [0.29, 0.717) is 6.54 Å². The zero-order chi connectivity index (χ0) is 20.2. The molecule has 2 aromatic rings. The van der Waals surface area contributed by atoms with Crippen LogP contribution < -0.4 is 15.0 Å². The third kappa shape index (κ3) is 5.12. The summed E-state index contributed by atoms with van der Waals surface area (Å²) in [4.78, 5) is 4.63. The average molecular weight is 412 g/mol. The molecule has 2 aliphatic rings. The first-order valence-electron chi connectivity index (χ1n) is 9.88. The van der Waals surface area contributed by atoms with Crippen LogP contribution in [0.4, 0.5) is 11.4 Å². The molecule has 2 heterocycles. The summed E-state index contributed by atoms with van der Waals surface area (Å²) < 4.78 is 5.82. The molecule has 152 valence electrons. The summed E-state index contributed by atoms with van der Waals surface area (Å²) in [5.41, 5.74) is 4.14. The minimum atomic E-state index is -0.526. The second-order valence-corrected chi connectivity index (χ2v) is 7.90. The van der Waals surface area contributed by atoms with Crippen LogP contribution in [-0.2, 0) is 0 Å². The Morgan fingerprint density at radius 3 is 2.59 bits per heavy atom. The quantitative estimate of drug-likeness (QED) is 0.756. The van der Waals surface area contributed by atoms with Gasteiger partial charge in [-0.3, -0.25) is 4.90 Å². The van der Waals surface area contributed by atoms with Gasteiger partial charge in [-0.15, -0.1) is 0 Å². The van der Waals surface area contributed by atoms with E-state index < -0.39 is 6.10 Å². The van der Waals surface area contributed by atoms with E-state index in [4.69, 9.17) is 16.3 Å². The molecule has 29 heavy (non-hydrogen) atoms. The first kappa shape index (κ1) is 19.8. The van der Waals surface area contributed by atoms with Gasteiger partial charge in [0.05, 0.1) is 0 Å². The molecule has 1 fully saturated rings. The van der Waals surface area contributed by atoms with Crippen LogP contribution in [0.15, 0.2) is 60.8 Å². The number of β-amino-alcohol motifs (C(OH)–C–C–N with tert-alkyl or cyclic N) is 1. The van der Waals surface area contributed by atoms with Crippen molar-refractivity contribution in [2.24, 2.45) is 0 Å². The van der Waals surface area contributed by atoms with Gasteiger partial charge in [0.25, 0.3) is 0 Å². The van der Waals surface area contributed by atoms with E-state index in [1.54, 1.807) is 0 Å². The standard InChI is InChI=1S/C23H26ClN3O2/c1-17-2-3-18-14-22(8-9-23(18)25-17)29-16-21(28)15-26-10-12-27(13-11-26)20-6-4-19(24)5-7-20/h2-9,14,21,25,28H,1,10-13,15-16H2/t21-/m0/s1. The Kier molecular flexibility index (Phi) is 6.09. The van der Waals surface area contributed by atoms with E-state index >= 15 is 0 Å². The van der Waals surface area contributed by atoms with Crippen molar-refractivity contribution < 1.29 is 9.84 Å². The molecule has 0 spiro atoms. The lowest BCUT2D eigenvalue weighted by Gasteiger charge is -2.36. The number of aliphatic hydroxyl groups excluding tert-OH is 1. The van der Waals surface area contributed by atoms with Crippen molar-refractivity contribution in [3.05, 3.63) is 71.4 Å². The maximum absolute atomic E-state index is 10.4. The molecule has 5 nitrogen and oxygen atoms in total. The SMILES string of the molecule is C=C1C=Cc2cc(OC[C@@H](O)CN3CCN(c4ccc(Cl)cc4)CC3)ccc2N1. The van der Waals surface area contributed by atoms with Crippen molar-refractivity contribution in [3.63, 3.8) is 0 Å². The van der Waals surface area contributed by atoms with Gasteiger partial charge in [0.1, 0.15) is 18.5 Å². The molecule has 6 heteroatoms. The Labute approximate surface area is 176 Å². The van der Waals surface area contributed by atoms with E-state index in [1.165, 1.54) is 5.69 Å². The Morgan fingerprint density at radius 1 is 1.07 bits per heavy atom. The summed E-state index contributed by atoms with van der Waals surface area (Å²) in [6.07, 6.45) is 3.42. The minimum absolute atomic E-state index is 0.278. The van der Waals surface area contributed by atoms with E-state index in [9.17, 15) is 5.11 Å². The second kappa shape index (κ2) is 8.91. The molecular weight excluding hydrogens is 386 g/mol. The smallest absolute Gasteiger partial charge is 0.120 e. The average Bonchev–Trinajstić information content (AvgIpc) is 2.73. The summed E-state index contributed by atoms with van der Waals surface area (Å²) in [5, 5.41) is 14.4. The lowest BCUT2D eigenvalue weighted by atomic mass is 10.1. The zero-order valence-corrected chi connectivity index (χ0v) is 17.1. The zero-order valence-electron chi connectivity index (χ0n) is 16.4. The van der Waals surface area contributed by atoms with Crippen molar-refractivity contribution >= 4 is 29.1 Å². The fourth-order valence-corrected chi connectivity index (χ4v) is 3.80. The van der Waals surface area contributed by atoms with Crippen LogP contribution in [0.1, 0.15) is 5.56 Å². The molecule has 0 saturated carbocycles. The van der Waals surface area contributed by atoms with Gasteiger partial charge in [0, 0.05) is 60.4 Å². The highest BCUT2D eigenvalue weighted by Gasteiger charge is 2.20. The number of halogens is 1. The van der Waals surface area contributed by atoms with Crippen LogP contribution in [0.5, 0.6) is 5.75 Å². The molecule has 4 rings (SSSR count). The van der Waals surface area contributed by atoms with Crippen LogP contribution in [0.25, 0.3) is 6.08 Å². The number of nitrogens with one attached hydrogen (secondary N) is 1. The maximum atomic E-state index is 10.4. The fraction of sp³-hybridized carbons (Fsp3) is 0.304. The lowest BCUT2D eigenvalue weighted by molar-refractivity contribution is 0.0663. The van der Waals surface area contributed by atoms with Gasteiger partial charge < -0.3 is 20.1 Å². The maximum Gasteiger partial charge on any atom is 0.120 e. The Balaban J connectivity index is 1.23. The number of nitrogens with zero attached hydrogens (tertiary/aromatic N) is 2. The predicted molar refractivity (Wildman–Crippen MR) is 120 cm³/mol. The van der Waals surface area contributed by atoms with Crippen molar-refractivity contribution in [2.75, 3.05) is 49.5 Å².